The average molecular weight is 263 g/mol. The van der Waals surface area contributed by atoms with Crippen LogP contribution in [0.1, 0.15) is 5.56 Å². The maximum Gasteiger partial charge on any atom is 0.224 e. The minimum atomic E-state index is 0.0317. The molecule has 0 aliphatic carbocycles. The zero-order valence-corrected chi connectivity index (χ0v) is 10.5. The number of phenolic OH excluding ortho intramolecular Hbond substituents is 1. The van der Waals surface area contributed by atoms with Crippen LogP contribution in [0.5, 0.6) is 5.75 Å². The van der Waals surface area contributed by atoms with Crippen molar-refractivity contribution in [2.24, 2.45) is 0 Å². The van der Waals surface area contributed by atoms with Crippen LogP contribution >= 0.6 is 0 Å². The summed E-state index contributed by atoms with van der Waals surface area (Å²) in [5, 5.41) is 8.88. The molecule has 0 fully saturated rings. The van der Waals surface area contributed by atoms with Crippen LogP contribution in [0.3, 0.4) is 0 Å². The second-order valence-electron chi connectivity index (χ2n) is 3.81. The van der Waals surface area contributed by atoms with Gasteiger partial charge in [-0.05, 0) is 30.7 Å². The van der Waals surface area contributed by atoms with Gasteiger partial charge in [-0.2, -0.15) is 9.97 Å². The molecule has 102 valence electrons. The largest absolute Gasteiger partial charge is 0.508 e. The number of benzene rings is 1. The van der Waals surface area contributed by atoms with Crippen molar-refractivity contribution < 1.29 is 5.11 Å². The topological polar surface area (TPSA) is 176 Å². The standard InChI is InChI=1S/C7H9NO.C4H8N6/c1-5-4-6(9)2-3-7(5)8;5-1-2(6)9-4(8)10-3(1)7/h2-4,9H,8H2,1H3;5H2,(H6,6,7,8,9,10). The van der Waals surface area contributed by atoms with Gasteiger partial charge in [0.25, 0.3) is 0 Å². The number of aromatic nitrogens is 2. The van der Waals surface area contributed by atoms with E-state index >= 15 is 0 Å². The zero-order valence-electron chi connectivity index (χ0n) is 10.5. The third kappa shape index (κ3) is 3.80. The molecule has 1 heterocycles. The second-order valence-corrected chi connectivity index (χ2v) is 3.81. The van der Waals surface area contributed by atoms with Gasteiger partial charge in [-0.1, -0.05) is 0 Å². The summed E-state index contributed by atoms with van der Waals surface area (Å²) in [4.78, 5) is 7.15. The maximum atomic E-state index is 8.88. The van der Waals surface area contributed by atoms with Crippen molar-refractivity contribution in [2.45, 2.75) is 6.92 Å². The summed E-state index contributed by atoms with van der Waals surface area (Å²) in [7, 11) is 0. The van der Waals surface area contributed by atoms with E-state index in [1.165, 1.54) is 0 Å². The molecule has 1 aromatic heterocycles. The average Bonchev–Trinajstić information content (AvgIpc) is 2.32. The normalized spacial score (nSPS) is 9.53. The highest BCUT2D eigenvalue weighted by molar-refractivity contribution is 5.71. The first-order chi connectivity index (χ1) is 8.81. The van der Waals surface area contributed by atoms with Crippen LogP contribution in [0.4, 0.5) is 29.0 Å². The molecule has 1 aromatic carbocycles. The van der Waals surface area contributed by atoms with E-state index in [9.17, 15) is 0 Å². The maximum absolute atomic E-state index is 8.88. The fraction of sp³-hybridized carbons (Fsp3) is 0.0909. The Bertz CT molecular complexity index is 562. The minimum absolute atomic E-state index is 0.0317. The summed E-state index contributed by atoms with van der Waals surface area (Å²) in [6, 6.07) is 4.89. The zero-order chi connectivity index (χ0) is 14.6. The Balaban J connectivity index is 0.000000191. The molecule has 2 aromatic rings. The lowest BCUT2D eigenvalue weighted by molar-refractivity contribution is 0.475. The first-order valence-electron chi connectivity index (χ1n) is 5.30. The van der Waals surface area contributed by atoms with Gasteiger partial charge in [0.15, 0.2) is 11.6 Å². The quantitative estimate of drug-likeness (QED) is 0.286. The highest BCUT2D eigenvalue weighted by Gasteiger charge is 2.02. The summed E-state index contributed by atoms with van der Waals surface area (Å²) in [6.45, 7) is 1.86. The summed E-state index contributed by atoms with van der Waals surface area (Å²) in [6.07, 6.45) is 0. The second kappa shape index (κ2) is 5.63. The fourth-order valence-corrected chi connectivity index (χ4v) is 1.18. The number of phenols is 1. The Hall–Kier alpha value is -2.90. The van der Waals surface area contributed by atoms with Gasteiger partial charge in [0.05, 0.1) is 0 Å². The van der Waals surface area contributed by atoms with Gasteiger partial charge in [-0.15, -0.1) is 0 Å². The Labute approximate surface area is 110 Å². The summed E-state index contributed by atoms with van der Waals surface area (Å²) in [5.41, 5.74) is 28.4. The van der Waals surface area contributed by atoms with Crippen LogP contribution in [-0.4, -0.2) is 15.1 Å². The van der Waals surface area contributed by atoms with Crippen molar-refractivity contribution in [3.63, 3.8) is 0 Å². The minimum Gasteiger partial charge on any atom is -0.508 e. The van der Waals surface area contributed by atoms with E-state index < -0.39 is 0 Å². The number of hydrogen-bond donors (Lipinski definition) is 6. The molecular formula is C11H17N7O. The number of aryl methyl sites for hydroxylation is 1. The molecule has 8 heteroatoms. The van der Waals surface area contributed by atoms with Crippen molar-refractivity contribution in [2.75, 3.05) is 28.7 Å². The number of aromatic hydroxyl groups is 1. The number of nitrogens with two attached hydrogens (primary N) is 5. The Morgan fingerprint density at radius 3 is 1.89 bits per heavy atom. The Kier molecular flexibility index (Phi) is 4.19. The highest BCUT2D eigenvalue weighted by atomic mass is 16.3. The van der Waals surface area contributed by atoms with E-state index in [4.69, 9.17) is 33.8 Å². The van der Waals surface area contributed by atoms with Gasteiger partial charge in [-0.3, -0.25) is 0 Å². The molecule has 0 saturated heterocycles. The van der Waals surface area contributed by atoms with Gasteiger partial charge in [0.2, 0.25) is 5.95 Å². The van der Waals surface area contributed by atoms with Gasteiger partial charge < -0.3 is 33.8 Å². The smallest absolute Gasteiger partial charge is 0.224 e. The van der Waals surface area contributed by atoms with Crippen LogP contribution < -0.4 is 28.7 Å². The van der Waals surface area contributed by atoms with E-state index in [0.29, 0.717) is 5.69 Å². The predicted molar refractivity (Wildman–Crippen MR) is 76.9 cm³/mol. The monoisotopic (exact) mass is 263 g/mol. The third-order valence-electron chi connectivity index (χ3n) is 2.28. The lowest BCUT2D eigenvalue weighted by Gasteiger charge is -2.01. The first-order valence-corrected chi connectivity index (χ1v) is 5.30. The molecule has 19 heavy (non-hydrogen) atoms. The Morgan fingerprint density at radius 1 is 0.947 bits per heavy atom. The molecule has 0 saturated carbocycles. The molecular weight excluding hydrogens is 246 g/mol. The molecule has 0 amide bonds. The van der Waals surface area contributed by atoms with Gasteiger partial charge in [0.1, 0.15) is 11.4 Å². The summed E-state index contributed by atoms with van der Waals surface area (Å²) >= 11 is 0. The van der Waals surface area contributed by atoms with Crippen molar-refractivity contribution >= 4 is 29.0 Å². The van der Waals surface area contributed by atoms with Gasteiger partial charge in [-0.25, -0.2) is 0 Å². The van der Waals surface area contributed by atoms with Crippen molar-refractivity contribution in [3.8, 4) is 5.75 Å². The highest BCUT2D eigenvalue weighted by Crippen LogP contribution is 2.18. The summed E-state index contributed by atoms with van der Waals surface area (Å²) in [5.74, 6) is 0.529. The van der Waals surface area contributed by atoms with Gasteiger partial charge >= 0.3 is 0 Å². The lowest BCUT2D eigenvalue weighted by atomic mass is 10.2. The number of nitrogens with zero attached hydrogens (tertiary/aromatic N) is 2. The van der Waals surface area contributed by atoms with Gasteiger partial charge in [0, 0.05) is 5.69 Å². The van der Waals surface area contributed by atoms with Crippen LogP contribution in [0, 0.1) is 6.92 Å². The molecule has 0 spiro atoms. The molecule has 8 nitrogen and oxygen atoms in total. The number of rotatable bonds is 0. The van der Waals surface area contributed by atoms with Crippen molar-refractivity contribution in [1.82, 2.24) is 9.97 Å². The molecule has 0 atom stereocenters. The first kappa shape index (κ1) is 14.2. The predicted octanol–water partition coefficient (Wildman–Crippen LogP) is 0.0882. The van der Waals surface area contributed by atoms with Crippen molar-refractivity contribution in [1.29, 1.82) is 0 Å². The van der Waals surface area contributed by atoms with Crippen LogP contribution in [0.25, 0.3) is 0 Å². The van der Waals surface area contributed by atoms with E-state index in [-0.39, 0.29) is 29.0 Å². The molecule has 0 radical (unpaired) electrons. The van der Waals surface area contributed by atoms with Crippen molar-refractivity contribution in [3.05, 3.63) is 23.8 Å². The van der Waals surface area contributed by atoms with Crippen LogP contribution in [0.2, 0.25) is 0 Å². The summed E-state index contributed by atoms with van der Waals surface area (Å²) < 4.78 is 0. The van der Waals surface area contributed by atoms with Crippen LogP contribution in [-0.2, 0) is 0 Å². The molecule has 0 bridgehead atoms. The number of anilines is 5. The van der Waals surface area contributed by atoms with E-state index in [1.54, 1.807) is 18.2 Å². The third-order valence-corrected chi connectivity index (χ3v) is 2.28. The fourth-order valence-electron chi connectivity index (χ4n) is 1.18. The van der Waals surface area contributed by atoms with E-state index in [0.717, 1.165) is 5.56 Å². The molecule has 0 unspecified atom stereocenters. The number of nitrogen functional groups attached to an aromatic ring is 5. The molecule has 0 aliphatic rings. The van der Waals surface area contributed by atoms with E-state index in [2.05, 4.69) is 9.97 Å². The molecule has 0 aliphatic heterocycles. The van der Waals surface area contributed by atoms with E-state index in [1.807, 2.05) is 6.92 Å². The molecule has 2 rings (SSSR count). The molecule has 11 N–H and O–H groups in total. The van der Waals surface area contributed by atoms with Crippen LogP contribution in [0.15, 0.2) is 18.2 Å². The Morgan fingerprint density at radius 2 is 1.47 bits per heavy atom. The lowest BCUT2D eigenvalue weighted by Crippen LogP contribution is -2.07. The SMILES string of the molecule is Cc1cc(O)ccc1N.Nc1nc(N)c(N)c(N)n1. The number of hydrogen-bond acceptors (Lipinski definition) is 8.